The zero-order valence-electron chi connectivity index (χ0n) is 66.5. The Hall–Kier alpha value is -13.2. The summed E-state index contributed by atoms with van der Waals surface area (Å²) in [5.74, 6) is 1.44. The number of pyridine rings is 4. The SMILES string of the molecule is CC(c1cc2c3c(c1)CCN3C(=O)CC2)(n1ccnc1)n1ccnc1.O=C1CCc2cc(C(O)(c3ccccc3)c3ccncc3)cc3c2N1CC3.O=C1CCc2cc(C(O)c3ccncc3)cc3c2N1CC3.O=C1CCc2cc(C(c3ccccc3)c3ccncc3)cc3c2N1CC3.O=C1CCc2cc(Cc3ccncc3)cc3c2N1CC3. The molecule has 16 heterocycles. The largest absolute Gasteiger partial charge is 0.384 e. The number of hydrogen-bond donors (Lipinski definition) is 2. The van der Waals surface area contributed by atoms with Crippen LogP contribution in [0.4, 0.5) is 28.4 Å². The van der Waals surface area contributed by atoms with Crippen molar-refractivity contribution in [1.29, 1.82) is 0 Å². The lowest BCUT2D eigenvalue weighted by Crippen LogP contribution is -2.38. The van der Waals surface area contributed by atoms with Crippen LogP contribution < -0.4 is 24.5 Å². The molecule has 0 spiro atoms. The first-order chi connectivity index (χ1) is 58.2. The van der Waals surface area contributed by atoms with E-state index in [1.807, 2.05) is 135 Å². The third-order valence-corrected chi connectivity index (χ3v) is 25.6. The van der Waals surface area contributed by atoms with Gasteiger partial charge in [-0.1, -0.05) is 109 Å². The fourth-order valence-electron chi connectivity index (χ4n) is 19.8. The molecule has 10 aliphatic heterocycles. The highest BCUT2D eigenvalue weighted by Crippen LogP contribution is 2.48. The van der Waals surface area contributed by atoms with Crippen molar-refractivity contribution in [2.75, 3.05) is 57.2 Å². The third-order valence-electron chi connectivity index (χ3n) is 25.6. The third kappa shape index (κ3) is 14.3. The van der Waals surface area contributed by atoms with Crippen molar-refractivity contribution in [1.82, 2.24) is 39.0 Å². The minimum Gasteiger partial charge on any atom is -0.384 e. The quantitative estimate of drug-likeness (QED) is 0.110. The molecular weight excluding hydrogens is 1480 g/mol. The summed E-state index contributed by atoms with van der Waals surface area (Å²) in [7, 11) is 0. The maximum absolute atomic E-state index is 12.2. The number of benzene rings is 7. The zero-order chi connectivity index (χ0) is 80.9. The Labute approximate surface area is 691 Å². The number of hydrogen-bond acceptors (Lipinski definition) is 13. The fourth-order valence-corrected chi connectivity index (χ4v) is 19.8. The number of carbonyl (C=O) groups excluding carboxylic acids is 5. The maximum atomic E-state index is 12.2. The van der Waals surface area contributed by atoms with Crippen LogP contribution >= 0.6 is 0 Å². The van der Waals surface area contributed by atoms with E-state index in [1.165, 1.54) is 89.3 Å². The van der Waals surface area contributed by atoms with E-state index in [-0.39, 0.29) is 35.5 Å². The molecule has 20 heteroatoms. The standard InChI is InChI=1S/C23H20N2O2.C23H20N2O.C19H19N5O.C17H16N2O2.C17H16N2O/c26-21-7-6-16-14-20(15-17-10-13-25(21)22(16)17)23(27,18-4-2-1-3-5-18)19-8-11-24-12-9-19;26-21-7-6-18-14-20(15-19-10-13-25(21)23(18)19)22(16-4-2-1-3-5-16)17-8-11-24-12-9-17;1-19(22-8-5-20-12-22,23-9-6-21-13-23)16-10-14-2-3-17(25)24-7-4-15(11-16)18(14)24;20-15-2-1-12-9-14(10-13-5-8-19(15)16(12)13)17(21)11-3-6-18-7-4-11;20-16-2-1-14-10-13(9-12-3-6-18-7-4-12)11-15-5-8-19(16)17(14)15/h1-5,8-9,11-12,14-15,27H,6-7,10,13H2;1-5,8-9,11-12,14-15,22H,6-7,10,13H2;5-6,8-13H,2-4,7H2,1H3;3-4,6-7,9-10,17,21H,1-2,5,8H2;3-4,6-7,10-11H,1-2,5,8-9H2. The minimum absolute atomic E-state index is 0.187. The first-order valence-corrected chi connectivity index (χ1v) is 41.6. The van der Waals surface area contributed by atoms with Crippen molar-refractivity contribution in [2.24, 2.45) is 0 Å². The van der Waals surface area contributed by atoms with Gasteiger partial charge in [0.25, 0.3) is 0 Å². The Morgan fingerprint density at radius 1 is 0.311 bits per heavy atom. The van der Waals surface area contributed by atoms with Gasteiger partial charge in [0, 0.05) is 145 Å². The number of carbonyl (C=O) groups is 5. The number of aliphatic hydroxyl groups is 2. The molecule has 0 saturated carbocycles. The molecule has 594 valence electrons. The Morgan fingerprint density at radius 3 is 1.06 bits per heavy atom. The second-order valence-corrected chi connectivity index (χ2v) is 32.5. The highest BCUT2D eigenvalue weighted by Gasteiger charge is 2.42. The van der Waals surface area contributed by atoms with E-state index in [2.05, 4.69) is 155 Å². The van der Waals surface area contributed by atoms with Crippen molar-refractivity contribution in [3.63, 3.8) is 0 Å². The number of nitrogens with zero attached hydrogens (tertiary/aromatic N) is 13. The molecule has 20 nitrogen and oxygen atoms in total. The van der Waals surface area contributed by atoms with E-state index in [0.29, 0.717) is 32.1 Å². The summed E-state index contributed by atoms with van der Waals surface area (Å²) in [5.41, 5.74) is 28.5. The van der Waals surface area contributed by atoms with Gasteiger partial charge in [0.15, 0.2) is 0 Å². The number of rotatable bonds is 13. The van der Waals surface area contributed by atoms with Crippen molar-refractivity contribution >= 4 is 58.0 Å². The molecule has 10 aliphatic rings. The summed E-state index contributed by atoms with van der Waals surface area (Å²) < 4.78 is 4.20. The predicted molar refractivity (Wildman–Crippen MR) is 456 cm³/mol. The first kappa shape index (κ1) is 75.8. The van der Waals surface area contributed by atoms with E-state index < -0.39 is 17.4 Å². The van der Waals surface area contributed by atoms with E-state index in [9.17, 15) is 34.2 Å². The van der Waals surface area contributed by atoms with E-state index in [4.69, 9.17) is 0 Å². The van der Waals surface area contributed by atoms with Gasteiger partial charge in [0.2, 0.25) is 29.5 Å². The van der Waals surface area contributed by atoms with Crippen LogP contribution in [0.1, 0.15) is 168 Å². The predicted octanol–water partition coefficient (Wildman–Crippen LogP) is 14.0. The van der Waals surface area contributed by atoms with Gasteiger partial charge in [-0.2, -0.15) is 0 Å². The molecule has 0 saturated heterocycles. The van der Waals surface area contributed by atoms with Crippen molar-refractivity contribution in [3.05, 3.63) is 374 Å². The van der Waals surface area contributed by atoms with Crippen LogP contribution in [0.2, 0.25) is 0 Å². The van der Waals surface area contributed by atoms with Gasteiger partial charge in [-0.3, -0.25) is 43.9 Å². The van der Waals surface area contributed by atoms with Gasteiger partial charge in [0.05, 0.1) is 41.1 Å². The second-order valence-electron chi connectivity index (χ2n) is 32.5. The molecule has 3 unspecified atom stereocenters. The lowest BCUT2D eigenvalue weighted by Gasteiger charge is -2.35. The average molecular weight is 1570 g/mol. The van der Waals surface area contributed by atoms with Crippen LogP contribution in [0.5, 0.6) is 0 Å². The number of anilines is 5. The summed E-state index contributed by atoms with van der Waals surface area (Å²) in [4.78, 5) is 95.0. The van der Waals surface area contributed by atoms with Crippen LogP contribution in [-0.2, 0) is 106 Å². The number of imidazole rings is 2. The Bertz CT molecular complexity index is 5900. The van der Waals surface area contributed by atoms with Gasteiger partial charge < -0.3 is 43.8 Å². The van der Waals surface area contributed by atoms with Crippen LogP contribution in [0, 0.1) is 0 Å². The molecule has 0 aliphatic carbocycles. The molecule has 119 heavy (non-hydrogen) atoms. The van der Waals surface area contributed by atoms with Crippen LogP contribution in [0.25, 0.3) is 0 Å². The Balaban J connectivity index is 0.0000000990. The monoisotopic (exact) mass is 1570 g/mol. The van der Waals surface area contributed by atoms with E-state index in [0.717, 1.165) is 159 Å². The van der Waals surface area contributed by atoms with Gasteiger partial charge >= 0.3 is 0 Å². The molecule has 13 aromatic rings. The average Bonchev–Trinajstić information content (AvgIpc) is 1.70. The summed E-state index contributed by atoms with van der Waals surface area (Å²) in [5, 5.41) is 22.6. The topological polar surface area (TPSA) is 229 Å². The maximum Gasteiger partial charge on any atom is 0.227 e. The molecular formula is C99H91N13O7. The fraction of sp³-hybridized carbons (Fsp3) is 0.263. The number of aliphatic hydroxyl groups excluding tert-OH is 1. The minimum atomic E-state index is -1.26. The Kier molecular flexibility index (Phi) is 20.4. The normalized spacial score (nSPS) is 16.9. The van der Waals surface area contributed by atoms with Crippen LogP contribution in [0.15, 0.2) is 257 Å². The molecule has 2 N–H and O–H groups in total. The molecule has 7 aromatic carbocycles. The summed E-state index contributed by atoms with van der Waals surface area (Å²) in [6.45, 7) is 6.18. The van der Waals surface area contributed by atoms with E-state index >= 15 is 0 Å². The van der Waals surface area contributed by atoms with Gasteiger partial charge in [-0.25, -0.2) is 9.97 Å². The summed E-state index contributed by atoms with van der Waals surface area (Å²) in [6.07, 6.45) is 37.4. The molecule has 23 rings (SSSR count). The van der Waals surface area contributed by atoms with Crippen molar-refractivity contribution < 1.29 is 34.2 Å². The smallest absolute Gasteiger partial charge is 0.227 e. The lowest BCUT2D eigenvalue weighted by atomic mass is 9.79. The van der Waals surface area contributed by atoms with Crippen LogP contribution in [-0.4, -0.2) is 112 Å². The summed E-state index contributed by atoms with van der Waals surface area (Å²) >= 11 is 0. The van der Waals surface area contributed by atoms with Gasteiger partial charge in [-0.15, -0.1) is 0 Å². The highest BCUT2D eigenvalue weighted by atomic mass is 16.3. The summed E-state index contributed by atoms with van der Waals surface area (Å²) in [6, 6.07) is 58.1. The Morgan fingerprint density at radius 2 is 0.639 bits per heavy atom. The number of amides is 5. The van der Waals surface area contributed by atoms with Crippen molar-refractivity contribution in [3.8, 4) is 0 Å². The molecule has 0 radical (unpaired) electrons. The van der Waals surface area contributed by atoms with Crippen LogP contribution in [0.3, 0.4) is 0 Å². The highest BCUT2D eigenvalue weighted by molar-refractivity contribution is 6.02. The lowest BCUT2D eigenvalue weighted by molar-refractivity contribution is -0.119. The van der Waals surface area contributed by atoms with E-state index in [1.54, 1.807) is 37.2 Å². The molecule has 0 fully saturated rings. The second kappa shape index (κ2) is 32.0. The molecule has 3 atom stereocenters. The first-order valence-electron chi connectivity index (χ1n) is 41.6. The molecule has 5 amide bonds. The molecule has 0 bridgehead atoms. The molecule has 6 aromatic heterocycles. The number of aromatic nitrogens is 8. The van der Waals surface area contributed by atoms with Gasteiger partial charge in [-0.05, 0) is 255 Å². The number of aryl methyl sites for hydroxylation is 5. The zero-order valence-corrected chi connectivity index (χ0v) is 66.5. The van der Waals surface area contributed by atoms with Gasteiger partial charge in [0.1, 0.15) is 17.4 Å². The van der Waals surface area contributed by atoms with Crippen molar-refractivity contribution in [2.45, 2.75) is 133 Å².